The molecule has 0 bridgehead atoms. The molecule has 2 aliphatic carbocycles. The number of rotatable bonds is 1. The van der Waals surface area contributed by atoms with E-state index in [0.717, 1.165) is 43.4 Å². The molecule has 2 aliphatic rings. The van der Waals surface area contributed by atoms with Crippen molar-refractivity contribution in [3.05, 3.63) is 23.2 Å². The van der Waals surface area contributed by atoms with Crippen molar-refractivity contribution in [2.75, 3.05) is 0 Å². The first-order valence-corrected chi connectivity index (χ1v) is 5.41. The maximum atomic E-state index is 12.0. The van der Waals surface area contributed by atoms with Gasteiger partial charge in [0.25, 0.3) is 0 Å². The van der Waals surface area contributed by atoms with E-state index in [9.17, 15) is 4.79 Å². The summed E-state index contributed by atoms with van der Waals surface area (Å²) in [7, 11) is 0. The molecule has 2 heteroatoms. The van der Waals surface area contributed by atoms with Crippen molar-refractivity contribution in [1.29, 1.82) is 0 Å². The van der Waals surface area contributed by atoms with E-state index in [1.807, 2.05) is 0 Å². The molecule has 0 saturated heterocycles. The highest BCUT2D eigenvalue weighted by atomic mass is 16.3. The smallest absolute Gasteiger partial charge is 0.204 e. The van der Waals surface area contributed by atoms with Crippen molar-refractivity contribution >= 4 is 5.78 Å². The molecule has 14 heavy (non-hydrogen) atoms. The molecular formula is C12H14O2. The maximum absolute atomic E-state index is 12.0. The van der Waals surface area contributed by atoms with Crippen LogP contribution in [0.25, 0.3) is 0 Å². The van der Waals surface area contributed by atoms with Crippen molar-refractivity contribution in [1.82, 2.24) is 0 Å². The van der Waals surface area contributed by atoms with Crippen molar-refractivity contribution in [3.8, 4) is 0 Å². The lowest BCUT2D eigenvalue weighted by atomic mass is 9.84. The Kier molecular flexibility index (Phi) is 1.48. The number of carbonyl (C=O) groups excluding carboxylic acids is 1. The monoisotopic (exact) mass is 190 g/mol. The lowest BCUT2D eigenvalue weighted by Gasteiger charge is -2.17. The molecule has 0 aromatic carbocycles. The van der Waals surface area contributed by atoms with Gasteiger partial charge >= 0.3 is 0 Å². The van der Waals surface area contributed by atoms with Gasteiger partial charge in [-0.1, -0.05) is 6.92 Å². The van der Waals surface area contributed by atoms with Crippen LogP contribution in [-0.4, -0.2) is 5.78 Å². The van der Waals surface area contributed by atoms with Crippen LogP contribution < -0.4 is 0 Å². The van der Waals surface area contributed by atoms with Gasteiger partial charge in [0.1, 0.15) is 5.76 Å². The molecule has 0 unspecified atom stereocenters. The van der Waals surface area contributed by atoms with Crippen LogP contribution in [0.1, 0.15) is 48.1 Å². The van der Waals surface area contributed by atoms with Gasteiger partial charge in [0, 0.05) is 17.4 Å². The summed E-state index contributed by atoms with van der Waals surface area (Å²) < 4.78 is 5.59. The number of furan rings is 1. The van der Waals surface area contributed by atoms with Crippen LogP contribution in [0.2, 0.25) is 0 Å². The Morgan fingerprint density at radius 2 is 2.21 bits per heavy atom. The predicted molar refractivity (Wildman–Crippen MR) is 52.4 cm³/mol. The Bertz CT molecular complexity index is 396. The van der Waals surface area contributed by atoms with Crippen LogP contribution >= 0.6 is 0 Å². The molecule has 74 valence electrons. The third-order valence-electron chi connectivity index (χ3n) is 3.62. The van der Waals surface area contributed by atoms with Gasteiger partial charge in [-0.15, -0.1) is 0 Å². The fourth-order valence-electron chi connectivity index (χ4n) is 2.39. The van der Waals surface area contributed by atoms with Gasteiger partial charge < -0.3 is 4.42 Å². The van der Waals surface area contributed by atoms with Crippen molar-refractivity contribution in [2.24, 2.45) is 5.41 Å². The summed E-state index contributed by atoms with van der Waals surface area (Å²) in [4.78, 5) is 12.0. The highest BCUT2D eigenvalue weighted by Gasteiger charge is 2.53. The molecular weight excluding hydrogens is 176 g/mol. The summed E-state index contributed by atoms with van der Waals surface area (Å²) in [5, 5.41) is 0. The van der Waals surface area contributed by atoms with E-state index < -0.39 is 0 Å². The normalized spacial score (nSPS) is 22.5. The number of carbonyl (C=O) groups is 1. The second-order valence-electron chi connectivity index (χ2n) is 4.53. The highest BCUT2D eigenvalue weighted by Crippen LogP contribution is 2.54. The molecule has 1 aromatic heterocycles. The van der Waals surface area contributed by atoms with Gasteiger partial charge in [-0.25, -0.2) is 0 Å². The zero-order valence-electron chi connectivity index (χ0n) is 8.43. The van der Waals surface area contributed by atoms with Gasteiger partial charge in [-0.2, -0.15) is 0 Å². The molecule has 1 aromatic rings. The highest BCUT2D eigenvalue weighted by molar-refractivity contribution is 6.02. The van der Waals surface area contributed by atoms with Crippen LogP contribution in [0.4, 0.5) is 0 Å². The molecule has 1 spiro atoms. The number of Topliss-reactive ketones (excluding diaryl/α,β-unsaturated/α-hetero) is 1. The largest absolute Gasteiger partial charge is 0.458 e. The summed E-state index contributed by atoms with van der Waals surface area (Å²) in [5.41, 5.74) is 1.15. The Labute approximate surface area is 83.3 Å². The number of fused-ring (bicyclic) bond motifs is 1. The Morgan fingerprint density at radius 1 is 1.43 bits per heavy atom. The third-order valence-corrected chi connectivity index (χ3v) is 3.62. The van der Waals surface area contributed by atoms with Crippen LogP contribution in [0.15, 0.2) is 10.5 Å². The van der Waals surface area contributed by atoms with E-state index in [1.54, 1.807) is 0 Å². The van der Waals surface area contributed by atoms with Crippen LogP contribution in [-0.2, 0) is 12.8 Å². The van der Waals surface area contributed by atoms with E-state index in [1.165, 1.54) is 0 Å². The molecule has 0 radical (unpaired) electrons. The second-order valence-corrected chi connectivity index (χ2v) is 4.53. The Balaban J connectivity index is 2.06. The molecule has 2 nitrogen and oxygen atoms in total. The average Bonchev–Trinajstić information content (AvgIpc) is 2.85. The van der Waals surface area contributed by atoms with E-state index in [2.05, 4.69) is 13.0 Å². The lowest BCUT2D eigenvalue weighted by molar-refractivity contribution is 0.0847. The number of hydrogen-bond donors (Lipinski definition) is 0. The standard InChI is InChI=1S/C12H14O2/c1-2-9-7-8-3-4-12(5-6-12)11(13)10(8)14-9/h7H,2-6H2,1H3. The molecule has 0 aliphatic heterocycles. The van der Waals surface area contributed by atoms with Gasteiger partial charge in [0.15, 0.2) is 5.76 Å². The molecule has 3 rings (SSSR count). The second kappa shape index (κ2) is 2.50. The number of aryl methyl sites for hydroxylation is 2. The SMILES string of the molecule is CCc1cc2c(o1)C(=O)C1(CC2)CC1. The summed E-state index contributed by atoms with van der Waals surface area (Å²) in [5.74, 6) is 1.91. The minimum Gasteiger partial charge on any atom is -0.458 e. The average molecular weight is 190 g/mol. The summed E-state index contributed by atoms with van der Waals surface area (Å²) in [6.07, 6.45) is 5.11. The van der Waals surface area contributed by atoms with Crippen LogP contribution in [0, 0.1) is 5.41 Å². The molecule has 1 fully saturated rings. The van der Waals surface area contributed by atoms with Crippen molar-refractivity contribution in [2.45, 2.75) is 39.0 Å². The summed E-state index contributed by atoms with van der Waals surface area (Å²) >= 11 is 0. The minimum atomic E-state index is 0.00979. The van der Waals surface area contributed by atoms with Gasteiger partial charge in [-0.3, -0.25) is 4.79 Å². The Morgan fingerprint density at radius 3 is 2.86 bits per heavy atom. The first kappa shape index (κ1) is 8.27. The van der Waals surface area contributed by atoms with E-state index in [4.69, 9.17) is 4.42 Å². The molecule has 0 amide bonds. The van der Waals surface area contributed by atoms with E-state index in [-0.39, 0.29) is 11.2 Å². The third kappa shape index (κ3) is 0.941. The molecule has 1 heterocycles. The first-order valence-electron chi connectivity index (χ1n) is 5.41. The zero-order chi connectivity index (χ0) is 9.76. The van der Waals surface area contributed by atoms with Crippen LogP contribution in [0.3, 0.4) is 0 Å². The predicted octanol–water partition coefficient (Wildman–Crippen LogP) is 2.75. The fraction of sp³-hybridized carbons (Fsp3) is 0.583. The summed E-state index contributed by atoms with van der Waals surface area (Å²) in [6, 6.07) is 2.06. The lowest BCUT2D eigenvalue weighted by Crippen LogP contribution is -2.22. The van der Waals surface area contributed by atoms with Gasteiger partial charge in [0.2, 0.25) is 5.78 Å². The minimum absolute atomic E-state index is 0.00979. The van der Waals surface area contributed by atoms with E-state index in [0.29, 0.717) is 5.76 Å². The first-order chi connectivity index (χ1) is 6.75. The van der Waals surface area contributed by atoms with Crippen LogP contribution in [0.5, 0.6) is 0 Å². The van der Waals surface area contributed by atoms with Gasteiger partial charge in [-0.05, 0) is 31.7 Å². The van der Waals surface area contributed by atoms with Crippen molar-refractivity contribution in [3.63, 3.8) is 0 Å². The number of ketones is 1. The van der Waals surface area contributed by atoms with Gasteiger partial charge in [0.05, 0.1) is 0 Å². The van der Waals surface area contributed by atoms with E-state index >= 15 is 0 Å². The maximum Gasteiger partial charge on any atom is 0.204 e. The zero-order valence-corrected chi connectivity index (χ0v) is 8.43. The summed E-state index contributed by atoms with van der Waals surface area (Å²) in [6.45, 7) is 2.06. The molecule has 0 atom stereocenters. The Hall–Kier alpha value is -1.05. The number of hydrogen-bond acceptors (Lipinski definition) is 2. The quantitative estimate of drug-likeness (QED) is 0.681. The molecule has 0 N–H and O–H groups in total. The molecule has 1 saturated carbocycles. The fourth-order valence-corrected chi connectivity index (χ4v) is 2.39. The van der Waals surface area contributed by atoms with Crippen molar-refractivity contribution < 1.29 is 9.21 Å². The topological polar surface area (TPSA) is 30.2 Å².